The summed E-state index contributed by atoms with van der Waals surface area (Å²) in [5.74, 6) is 0.0277. The number of quaternary nitrogens is 1. The van der Waals surface area contributed by atoms with Crippen LogP contribution in [0.3, 0.4) is 0 Å². The molecular weight excluding hydrogens is 386 g/mol. The molecule has 4 nitrogen and oxygen atoms in total. The summed E-state index contributed by atoms with van der Waals surface area (Å²) < 4.78 is 29.2. The lowest BCUT2D eigenvalue weighted by atomic mass is 9.98. The fraction of sp³-hybridized carbons (Fsp3) is 0.208. The first-order chi connectivity index (χ1) is 14.5. The van der Waals surface area contributed by atoms with Crippen molar-refractivity contribution < 1.29 is 23.6 Å². The Bertz CT molecular complexity index is 919. The molecule has 30 heavy (non-hydrogen) atoms. The smallest absolute Gasteiger partial charge is 0.387 e. The van der Waals surface area contributed by atoms with E-state index in [-0.39, 0.29) is 30.3 Å². The highest BCUT2D eigenvalue weighted by Gasteiger charge is 2.20. The van der Waals surface area contributed by atoms with Crippen molar-refractivity contribution >= 4 is 5.91 Å². The van der Waals surface area contributed by atoms with E-state index >= 15 is 0 Å². The molecule has 0 aliphatic rings. The molecule has 0 saturated heterocycles. The van der Waals surface area contributed by atoms with Gasteiger partial charge in [0.2, 0.25) is 0 Å². The first kappa shape index (κ1) is 21.5. The minimum Gasteiger partial charge on any atom is -0.435 e. The Labute approximate surface area is 174 Å². The molecule has 0 aliphatic carbocycles. The summed E-state index contributed by atoms with van der Waals surface area (Å²) in [6, 6.07) is 25.8. The highest BCUT2D eigenvalue weighted by Crippen LogP contribution is 2.22. The molecule has 0 aliphatic heterocycles. The number of rotatable bonds is 9. The van der Waals surface area contributed by atoms with Crippen LogP contribution in [0.25, 0.3) is 0 Å². The quantitative estimate of drug-likeness (QED) is 0.563. The predicted octanol–water partition coefficient (Wildman–Crippen LogP) is 3.82. The van der Waals surface area contributed by atoms with Crippen LogP contribution in [-0.2, 0) is 4.79 Å². The number of alkyl halides is 2. The number of hydrogen-bond acceptors (Lipinski definition) is 2. The summed E-state index contributed by atoms with van der Waals surface area (Å²) in [4.78, 5) is 12.5. The Morgan fingerprint density at radius 2 is 1.40 bits per heavy atom. The minimum absolute atomic E-state index is 0.0788. The van der Waals surface area contributed by atoms with Gasteiger partial charge in [-0.05, 0) is 36.8 Å². The number of carbonyl (C=O) groups is 1. The Balaban J connectivity index is 1.68. The standard InChI is InChI=1S/C24H24F2N2O2/c1-17(18-8-4-2-5-9-18)28-22(29)16-27-23(19-10-6-3-7-11-19)20-12-14-21(15-13-20)30-24(25)26/h2-15,17,23-24,27H,16H2,1H3,(H,28,29)/p+1/t17-,23+/m1/s1. The summed E-state index contributed by atoms with van der Waals surface area (Å²) in [6.07, 6.45) is 0. The van der Waals surface area contributed by atoms with Crippen molar-refractivity contribution in [3.63, 3.8) is 0 Å². The van der Waals surface area contributed by atoms with Gasteiger partial charge < -0.3 is 15.4 Å². The van der Waals surface area contributed by atoms with Crippen LogP contribution in [0.1, 0.15) is 35.7 Å². The van der Waals surface area contributed by atoms with E-state index in [9.17, 15) is 13.6 Å². The maximum Gasteiger partial charge on any atom is 0.387 e. The molecule has 0 aromatic heterocycles. The van der Waals surface area contributed by atoms with Crippen molar-refractivity contribution in [2.45, 2.75) is 25.6 Å². The number of ether oxygens (including phenoxy) is 1. The first-order valence-electron chi connectivity index (χ1n) is 9.80. The fourth-order valence-corrected chi connectivity index (χ4v) is 3.33. The van der Waals surface area contributed by atoms with Gasteiger partial charge >= 0.3 is 6.61 Å². The second-order valence-electron chi connectivity index (χ2n) is 6.98. The number of nitrogens with one attached hydrogen (secondary N) is 1. The maximum atomic E-state index is 12.5. The normalized spacial score (nSPS) is 12.9. The van der Waals surface area contributed by atoms with E-state index in [1.807, 2.05) is 72.9 Å². The Hall–Kier alpha value is -3.25. The number of carbonyl (C=O) groups excluding carboxylic acids is 1. The van der Waals surface area contributed by atoms with Gasteiger partial charge in [0.15, 0.2) is 6.54 Å². The van der Waals surface area contributed by atoms with Crippen molar-refractivity contribution in [2.24, 2.45) is 0 Å². The van der Waals surface area contributed by atoms with Crippen LogP contribution in [0, 0.1) is 0 Å². The molecule has 0 spiro atoms. The van der Waals surface area contributed by atoms with Crippen LogP contribution in [0.5, 0.6) is 5.75 Å². The number of halogens is 2. The van der Waals surface area contributed by atoms with Gasteiger partial charge in [0, 0.05) is 11.1 Å². The zero-order chi connectivity index (χ0) is 21.3. The van der Waals surface area contributed by atoms with Crippen LogP contribution in [0.4, 0.5) is 8.78 Å². The van der Waals surface area contributed by atoms with E-state index in [0.717, 1.165) is 16.7 Å². The lowest BCUT2D eigenvalue weighted by molar-refractivity contribution is -0.676. The average Bonchev–Trinajstić information content (AvgIpc) is 2.76. The molecule has 2 atom stereocenters. The second kappa shape index (κ2) is 10.5. The minimum atomic E-state index is -2.86. The van der Waals surface area contributed by atoms with Crippen LogP contribution in [0.15, 0.2) is 84.9 Å². The van der Waals surface area contributed by atoms with Gasteiger partial charge in [-0.2, -0.15) is 8.78 Å². The van der Waals surface area contributed by atoms with E-state index in [1.165, 1.54) is 12.1 Å². The molecule has 3 aromatic carbocycles. The van der Waals surface area contributed by atoms with Gasteiger partial charge in [-0.3, -0.25) is 4.79 Å². The molecule has 0 fully saturated rings. The van der Waals surface area contributed by atoms with E-state index in [2.05, 4.69) is 10.1 Å². The molecule has 6 heteroatoms. The molecule has 3 N–H and O–H groups in total. The number of hydrogen-bond donors (Lipinski definition) is 2. The lowest BCUT2D eigenvalue weighted by Crippen LogP contribution is -2.87. The van der Waals surface area contributed by atoms with Crippen LogP contribution in [-0.4, -0.2) is 19.1 Å². The zero-order valence-electron chi connectivity index (χ0n) is 16.7. The first-order valence-corrected chi connectivity index (χ1v) is 9.80. The third kappa shape index (κ3) is 6.12. The molecule has 3 aromatic rings. The summed E-state index contributed by atoms with van der Waals surface area (Å²) in [7, 11) is 0. The summed E-state index contributed by atoms with van der Waals surface area (Å²) in [5.41, 5.74) is 2.95. The monoisotopic (exact) mass is 411 g/mol. The van der Waals surface area contributed by atoms with E-state index in [4.69, 9.17) is 0 Å². The largest absolute Gasteiger partial charge is 0.435 e. The van der Waals surface area contributed by atoms with Crippen LogP contribution < -0.4 is 15.4 Å². The van der Waals surface area contributed by atoms with Crippen molar-refractivity contribution in [2.75, 3.05) is 6.54 Å². The van der Waals surface area contributed by atoms with E-state index < -0.39 is 6.61 Å². The number of nitrogens with two attached hydrogens (primary N) is 1. The molecule has 0 saturated carbocycles. The molecule has 0 heterocycles. The SMILES string of the molecule is C[C@@H](NC(=O)C[NH2+][C@@H](c1ccccc1)c1ccc(OC(F)F)cc1)c1ccccc1. The zero-order valence-corrected chi connectivity index (χ0v) is 16.7. The molecule has 0 radical (unpaired) electrons. The van der Waals surface area contributed by atoms with Gasteiger partial charge in [0.05, 0.1) is 6.04 Å². The van der Waals surface area contributed by atoms with Crippen molar-refractivity contribution in [3.8, 4) is 5.75 Å². The van der Waals surface area contributed by atoms with Crippen LogP contribution >= 0.6 is 0 Å². The van der Waals surface area contributed by atoms with E-state index in [1.54, 1.807) is 12.1 Å². The number of amides is 1. The van der Waals surface area contributed by atoms with Gasteiger partial charge in [-0.15, -0.1) is 0 Å². The highest BCUT2D eigenvalue weighted by molar-refractivity contribution is 5.77. The molecule has 1 amide bonds. The van der Waals surface area contributed by atoms with Crippen LogP contribution in [0.2, 0.25) is 0 Å². The summed E-state index contributed by atoms with van der Waals surface area (Å²) in [5, 5.41) is 4.95. The Kier molecular flexibility index (Phi) is 7.51. The molecule has 0 unspecified atom stereocenters. The fourth-order valence-electron chi connectivity index (χ4n) is 3.33. The average molecular weight is 411 g/mol. The van der Waals surface area contributed by atoms with Crippen molar-refractivity contribution in [3.05, 3.63) is 102 Å². The topological polar surface area (TPSA) is 54.9 Å². The molecule has 0 bridgehead atoms. The number of benzene rings is 3. The summed E-state index contributed by atoms with van der Waals surface area (Å²) >= 11 is 0. The Morgan fingerprint density at radius 3 is 1.97 bits per heavy atom. The van der Waals surface area contributed by atoms with Gasteiger partial charge in [0.1, 0.15) is 11.8 Å². The third-order valence-electron chi connectivity index (χ3n) is 4.84. The highest BCUT2D eigenvalue weighted by atomic mass is 19.3. The molecule has 156 valence electrons. The van der Waals surface area contributed by atoms with Gasteiger partial charge in [0.25, 0.3) is 5.91 Å². The third-order valence-corrected chi connectivity index (χ3v) is 4.84. The molecular formula is C24H25F2N2O2+. The summed E-state index contributed by atoms with van der Waals surface area (Å²) in [6.45, 7) is -0.682. The maximum absolute atomic E-state index is 12.5. The van der Waals surface area contributed by atoms with Crippen molar-refractivity contribution in [1.29, 1.82) is 0 Å². The van der Waals surface area contributed by atoms with Gasteiger partial charge in [-0.25, -0.2) is 0 Å². The molecule has 3 rings (SSSR count). The van der Waals surface area contributed by atoms with Crippen molar-refractivity contribution in [1.82, 2.24) is 5.32 Å². The lowest BCUT2D eigenvalue weighted by Gasteiger charge is -2.18. The van der Waals surface area contributed by atoms with E-state index in [0.29, 0.717) is 0 Å². The van der Waals surface area contributed by atoms with Gasteiger partial charge in [-0.1, -0.05) is 60.7 Å². The Morgan fingerprint density at radius 1 is 0.867 bits per heavy atom. The second-order valence-corrected chi connectivity index (χ2v) is 6.98. The predicted molar refractivity (Wildman–Crippen MR) is 111 cm³/mol.